The second kappa shape index (κ2) is 8.41. The Kier molecular flexibility index (Phi) is 5.92. The molecule has 6 nitrogen and oxygen atoms in total. The van der Waals surface area contributed by atoms with Crippen molar-refractivity contribution in [2.45, 2.75) is 6.92 Å². The fourth-order valence-electron chi connectivity index (χ4n) is 1.65. The Morgan fingerprint density at radius 1 is 1.23 bits per heavy atom. The highest BCUT2D eigenvalue weighted by atomic mass is 16.5. The number of carbonyl (C=O) groups is 1. The zero-order valence-electron chi connectivity index (χ0n) is 12.2. The van der Waals surface area contributed by atoms with Crippen LogP contribution in [-0.2, 0) is 4.79 Å². The molecule has 1 amide bonds. The predicted octanol–water partition coefficient (Wildman–Crippen LogP) is 2.01. The number of pyridine rings is 1. The maximum absolute atomic E-state index is 11.7. The number of hydrogen-bond acceptors (Lipinski definition) is 5. The quantitative estimate of drug-likeness (QED) is 0.627. The highest BCUT2D eigenvalue weighted by Crippen LogP contribution is 2.26. The van der Waals surface area contributed by atoms with Gasteiger partial charge < -0.3 is 9.47 Å². The van der Waals surface area contributed by atoms with Gasteiger partial charge in [-0.15, -0.1) is 0 Å². The van der Waals surface area contributed by atoms with Crippen LogP contribution in [0.4, 0.5) is 0 Å². The van der Waals surface area contributed by atoms with Crippen LogP contribution in [0.5, 0.6) is 11.5 Å². The Morgan fingerprint density at radius 3 is 2.68 bits per heavy atom. The first-order valence-electron chi connectivity index (χ1n) is 6.86. The average molecular weight is 299 g/mol. The zero-order valence-corrected chi connectivity index (χ0v) is 12.2. The molecule has 0 bridgehead atoms. The van der Waals surface area contributed by atoms with E-state index in [0.717, 1.165) is 5.56 Å². The number of ether oxygens (including phenoxy) is 2. The number of amides is 1. The van der Waals surface area contributed by atoms with Crippen molar-refractivity contribution in [3.8, 4) is 11.5 Å². The Hall–Kier alpha value is -2.89. The van der Waals surface area contributed by atoms with Gasteiger partial charge in [0.2, 0.25) is 0 Å². The Morgan fingerprint density at radius 2 is 2.00 bits per heavy atom. The van der Waals surface area contributed by atoms with Crippen LogP contribution in [0.3, 0.4) is 0 Å². The van der Waals surface area contributed by atoms with Crippen LogP contribution in [0.2, 0.25) is 0 Å². The van der Waals surface area contributed by atoms with E-state index in [9.17, 15) is 4.79 Å². The van der Waals surface area contributed by atoms with E-state index in [-0.39, 0.29) is 12.5 Å². The predicted molar refractivity (Wildman–Crippen MR) is 83.1 cm³/mol. The Balaban J connectivity index is 1.82. The molecule has 22 heavy (non-hydrogen) atoms. The molecule has 114 valence electrons. The lowest BCUT2D eigenvalue weighted by atomic mass is 10.3. The van der Waals surface area contributed by atoms with E-state index in [2.05, 4.69) is 15.5 Å². The van der Waals surface area contributed by atoms with Crippen LogP contribution in [0.1, 0.15) is 12.5 Å². The first-order chi connectivity index (χ1) is 10.8. The van der Waals surface area contributed by atoms with Crippen LogP contribution in [-0.4, -0.2) is 30.3 Å². The van der Waals surface area contributed by atoms with Crippen LogP contribution < -0.4 is 14.9 Å². The molecule has 2 rings (SSSR count). The van der Waals surface area contributed by atoms with Crippen LogP contribution in [0, 0.1) is 0 Å². The van der Waals surface area contributed by atoms with Gasteiger partial charge in [0, 0.05) is 18.0 Å². The third-order valence-electron chi connectivity index (χ3n) is 2.60. The van der Waals surface area contributed by atoms with E-state index in [1.54, 1.807) is 30.6 Å². The van der Waals surface area contributed by atoms with Gasteiger partial charge in [-0.1, -0.05) is 18.2 Å². The molecule has 0 saturated heterocycles. The number of nitrogens with zero attached hydrogens (tertiary/aromatic N) is 2. The summed E-state index contributed by atoms with van der Waals surface area (Å²) in [7, 11) is 0. The van der Waals surface area contributed by atoms with Crippen LogP contribution >= 0.6 is 0 Å². The topological polar surface area (TPSA) is 72.8 Å². The molecule has 1 aromatic heterocycles. The van der Waals surface area contributed by atoms with Crippen molar-refractivity contribution in [1.82, 2.24) is 10.4 Å². The second-order valence-electron chi connectivity index (χ2n) is 4.25. The van der Waals surface area contributed by atoms with Crippen molar-refractivity contribution < 1.29 is 14.3 Å². The standard InChI is InChI=1S/C16H17N3O3/c1-2-21-14-7-3-4-8-15(14)22-12-16(20)19-18-11-13-6-5-9-17-10-13/h3-11H,2,12H2,1H3,(H,19,20)/b18-11-. The largest absolute Gasteiger partial charge is 0.490 e. The maximum atomic E-state index is 11.7. The van der Waals surface area contributed by atoms with Gasteiger partial charge in [-0.3, -0.25) is 9.78 Å². The average Bonchev–Trinajstić information content (AvgIpc) is 2.55. The lowest BCUT2D eigenvalue weighted by Crippen LogP contribution is -2.24. The van der Waals surface area contributed by atoms with Gasteiger partial charge in [0.05, 0.1) is 12.8 Å². The summed E-state index contributed by atoms with van der Waals surface area (Å²) < 4.78 is 10.8. The molecular formula is C16H17N3O3. The number of aromatic nitrogens is 1. The summed E-state index contributed by atoms with van der Waals surface area (Å²) in [4.78, 5) is 15.6. The highest BCUT2D eigenvalue weighted by molar-refractivity contribution is 5.82. The van der Waals surface area contributed by atoms with Gasteiger partial charge in [-0.05, 0) is 25.1 Å². The zero-order chi connectivity index (χ0) is 15.6. The van der Waals surface area contributed by atoms with Crippen molar-refractivity contribution in [2.24, 2.45) is 5.10 Å². The van der Waals surface area contributed by atoms with Crippen LogP contribution in [0.15, 0.2) is 53.9 Å². The van der Waals surface area contributed by atoms with Crippen molar-refractivity contribution in [1.29, 1.82) is 0 Å². The molecule has 2 aromatic rings. The molecule has 0 aliphatic heterocycles. The van der Waals surface area contributed by atoms with Gasteiger partial charge in [-0.2, -0.15) is 5.10 Å². The smallest absolute Gasteiger partial charge is 0.277 e. The van der Waals surface area contributed by atoms with E-state index in [1.807, 2.05) is 25.1 Å². The molecule has 0 atom stereocenters. The molecular weight excluding hydrogens is 282 g/mol. The molecule has 0 aliphatic rings. The molecule has 0 unspecified atom stereocenters. The van der Waals surface area contributed by atoms with E-state index >= 15 is 0 Å². The van der Waals surface area contributed by atoms with Crippen molar-refractivity contribution in [3.63, 3.8) is 0 Å². The number of benzene rings is 1. The van der Waals surface area contributed by atoms with Crippen molar-refractivity contribution in [3.05, 3.63) is 54.4 Å². The monoisotopic (exact) mass is 299 g/mol. The Labute approximate surface area is 128 Å². The SMILES string of the molecule is CCOc1ccccc1OCC(=O)N/N=C\c1cccnc1. The van der Waals surface area contributed by atoms with E-state index < -0.39 is 0 Å². The maximum Gasteiger partial charge on any atom is 0.277 e. The fourth-order valence-corrected chi connectivity index (χ4v) is 1.65. The molecule has 0 fully saturated rings. The number of hydrazone groups is 1. The summed E-state index contributed by atoms with van der Waals surface area (Å²) in [5.41, 5.74) is 3.19. The number of rotatable bonds is 7. The summed E-state index contributed by atoms with van der Waals surface area (Å²) in [6.07, 6.45) is 4.82. The second-order valence-corrected chi connectivity index (χ2v) is 4.25. The fraction of sp³-hybridized carbons (Fsp3) is 0.188. The first-order valence-corrected chi connectivity index (χ1v) is 6.86. The molecule has 6 heteroatoms. The lowest BCUT2D eigenvalue weighted by Gasteiger charge is -2.10. The van der Waals surface area contributed by atoms with Crippen molar-refractivity contribution in [2.75, 3.05) is 13.2 Å². The molecule has 0 aliphatic carbocycles. The molecule has 1 N–H and O–H groups in total. The Bertz CT molecular complexity index is 630. The van der Waals surface area contributed by atoms with Crippen LogP contribution in [0.25, 0.3) is 0 Å². The highest BCUT2D eigenvalue weighted by Gasteiger charge is 2.06. The normalized spacial score (nSPS) is 10.4. The molecule has 0 radical (unpaired) electrons. The number of carbonyl (C=O) groups excluding carboxylic acids is 1. The summed E-state index contributed by atoms with van der Waals surface area (Å²) >= 11 is 0. The van der Waals surface area contributed by atoms with E-state index in [4.69, 9.17) is 9.47 Å². The number of hydrogen-bond donors (Lipinski definition) is 1. The van der Waals surface area contributed by atoms with Gasteiger partial charge in [0.25, 0.3) is 5.91 Å². The summed E-state index contributed by atoms with van der Waals surface area (Å²) in [5, 5.41) is 3.84. The summed E-state index contributed by atoms with van der Waals surface area (Å²) in [6, 6.07) is 10.8. The minimum atomic E-state index is -0.355. The van der Waals surface area contributed by atoms with Gasteiger partial charge in [0.1, 0.15) is 0 Å². The number of nitrogens with one attached hydrogen (secondary N) is 1. The first kappa shape index (κ1) is 15.5. The van der Waals surface area contributed by atoms with Gasteiger partial charge >= 0.3 is 0 Å². The molecule has 1 aromatic carbocycles. The lowest BCUT2D eigenvalue weighted by molar-refractivity contribution is -0.123. The van der Waals surface area contributed by atoms with E-state index in [0.29, 0.717) is 18.1 Å². The van der Waals surface area contributed by atoms with Gasteiger partial charge in [0.15, 0.2) is 18.1 Å². The molecule has 1 heterocycles. The van der Waals surface area contributed by atoms with E-state index in [1.165, 1.54) is 6.21 Å². The van der Waals surface area contributed by atoms with Crippen molar-refractivity contribution >= 4 is 12.1 Å². The van der Waals surface area contributed by atoms with Gasteiger partial charge in [-0.25, -0.2) is 5.43 Å². The third-order valence-corrected chi connectivity index (χ3v) is 2.60. The minimum Gasteiger partial charge on any atom is -0.490 e. The summed E-state index contributed by atoms with van der Waals surface area (Å²) in [5.74, 6) is 0.777. The molecule has 0 saturated carbocycles. The molecule has 0 spiro atoms. The number of para-hydroxylation sites is 2. The summed E-state index contributed by atoms with van der Waals surface area (Å²) in [6.45, 7) is 2.27. The minimum absolute atomic E-state index is 0.144. The third kappa shape index (κ3) is 4.90.